The van der Waals surface area contributed by atoms with E-state index in [9.17, 15) is 18.0 Å². The van der Waals surface area contributed by atoms with Crippen LogP contribution >= 0.6 is 46.7 Å². The molecule has 3 nitrogen and oxygen atoms in total. The zero-order chi connectivity index (χ0) is 15.2. The van der Waals surface area contributed by atoms with Crippen LogP contribution in [0.25, 0.3) is 9.40 Å². The molecule has 0 radical (unpaired) electrons. The SMILES string of the molecule is O=C1CSC(=S)N1N=c1sc2ccc(C(F)(F)F)cc2s1. The number of halogens is 3. The smallest absolute Gasteiger partial charge is 0.272 e. The number of nitrogens with zero attached hydrogens (tertiary/aromatic N) is 2. The molecular formula is C11H5F3N2OS4. The quantitative estimate of drug-likeness (QED) is 0.722. The zero-order valence-corrected chi connectivity index (χ0v) is 13.3. The van der Waals surface area contributed by atoms with Crippen molar-refractivity contribution >= 4 is 66.3 Å². The van der Waals surface area contributed by atoms with Crippen molar-refractivity contribution in [2.24, 2.45) is 5.10 Å². The summed E-state index contributed by atoms with van der Waals surface area (Å²) in [7, 11) is 0. The van der Waals surface area contributed by atoms with Crippen LogP contribution in [0.5, 0.6) is 0 Å². The molecule has 110 valence electrons. The van der Waals surface area contributed by atoms with Crippen LogP contribution in [0.1, 0.15) is 5.56 Å². The molecule has 1 aliphatic heterocycles. The highest BCUT2D eigenvalue weighted by atomic mass is 32.2. The van der Waals surface area contributed by atoms with E-state index in [1.54, 1.807) is 0 Å². The normalized spacial score (nSPS) is 17.3. The van der Waals surface area contributed by atoms with Crippen LogP contribution in [0.4, 0.5) is 13.2 Å². The first kappa shape index (κ1) is 14.9. The molecule has 1 aromatic heterocycles. The van der Waals surface area contributed by atoms with Gasteiger partial charge in [0.15, 0.2) is 8.31 Å². The molecule has 0 bridgehead atoms. The predicted octanol–water partition coefficient (Wildman–Crippen LogP) is 3.66. The molecule has 3 rings (SSSR count). The van der Waals surface area contributed by atoms with E-state index in [1.807, 2.05) is 0 Å². The lowest BCUT2D eigenvalue weighted by molar-refractivity contribution is -0.137. The van der Waals surface area contributed by atoms with Crippen LogP contribution in [0.3, 0.4) is 0 Å². The van der Waals surface area contributed by atoms with Gasteiger partial charge < -0.3 is 0 Å². The van der Waals surface area contributed by atoms with Crippen molar-refractivity contribution in [3.8, 4) is 0 Å². The maximum atomic E-state index is 12.7. The Morgan fingerprint density at radius 3 is 2.57 bits per heavy atom. The van der Waals surface area contributed by atoms with Crippen LogP contribution in [0.15, 0.2) is 23.3 Å². The average molecular weight is 366 g/mol. The summed E-state index contributed by atoms with van der Waals surface area (Å²) in [5, 5.41) is 5.26. The molecule has 1 saturated heterocycles. The van der Waals surface area contributed by atoms with Gasteiger partial charge in [-0.15, -0.1) is 27.8 Å². The molecular weight excluding hydrogens is 361 g/mol. The molecule has 0 saturated carbocycles. The Morgan fingerprint density at radius 2 is 1.95 bits per heavy atom. The molecule has 0 atom stereocenters. The van der Waals surface area contributed by atoms with Gasteiger partial charge in [0, 0.05) is 9.40 Å². The third-order valence-electron chi connectivity index (χ3n) is 2.58. The van der Waals surface area contributed by atoms with Crippen molar-refractivity contribution in [3.63, 3.8) is 0 Å². The lowest BCUT2D eigenvalue weighted by Crippen LogP contribution is -2.24. The van der Waals surface area contributed by atoms with Gasteiger partial charge in [0.2, 0.25) is 0 Å². The summed E-state index contributed by atoms with van der Waals surface area (Å²) < 4.78 is 40.0. The number of benzene rings is 1. The van der Waals surface area contributed by atoms with Gasteiger partial charge >= 0.3 is 6.18 Å². The molecule has 1 fully saturated rings. The second-order valence-corrected chi connectivity index (χ2v) is 7.92. The van der Waals surface area contributed by atoms with Crippen LogP contribution in [0, 0.1) is 0 Å². The van der Waals surface area contributed by atoms with Gasteiger partial charge in [-0.25, -0.2) is 0 Å². The summed E-state index contributed by atoms with van der Waals surface area (Å²) in [4.78, 5) is 11.6. The highest BCUT2D eigenvalue weighted by molar-refractivity contribution is 8.23. The average Bonchev–Trinajstić information content (AvgIpc) is 2.94. The van der Waals surface area contributed by atoms with E-state index in [2.05, 4.69) is 5.10 Å². The van der Waals surface area contributed by atoms with Crippen molar-refractivity contribution in [1.82, 2.24) is 5.01 Å². The minimum atomic E-state index is -4.37. The van der Waals surface area contributed by atoms with Gasteiger partial charge in [-0.2, -0.15) is 18.2 Å². The highest BCUT2D eigenvalue weighted by Crippen LogP contribution is 2.33. The second kappa shape index (κ2) is 5.34. The molecule has 21 heavy (non-hydrogen) atoms. The van der Waals surface area contributed by atoms with E-state index >= 15 is 0 Å². The Morgan fingerprint density at radius 1 is 1.24 bits per heavy atom. The fraction of sp³-hybridized carbons (Fsp3) is 0.182. The largest absolute Gasteiger partial charge is 0.416 e. The van der Waals surface area contributed by atoms with Crippen LogP contribution in [-0.4, -0.2) is 21.0 Å². The molecule has 1 aromatic carbocycles. The Kier molecular flexibility index (Phi) is 3.80. The van der Waals surface area contributed by atoms with E-state index < -0.39 is 11.7 Å². The lowest BCUT2D eigenvalue weighted by Gasteiger charge is -2.05. The monoisotopic (exact) mass is 366 g/mol. The van der Waals surface area contributed by atoms with E-state index in [0.717, 1.165) is 28.5 Å². The number of fused-ring (bicyclic) bond motifs is 1. The number of alkyl halides is 3. The van der Waals surface area contributed by atoms with Crippen molar-refractivity contribution in [3.05, 3.63) is 27.7 Å². The third-order valence-corrected chi connectivity index (χ3v) is 6.19. The lowest BCUT2D eigenvalue weighted by atomic mass is 10.2. The van der Waals surface area contributed by atoms with Gasteiger partial charge in [-0.3, -0.25) is 4.79 Å². The Bertz CT molecular complexity index is 792. The summed E-state index contributed by atoms with van der Waals surface area (Å²) in [6.07, 6.45) is -4.37. The number of amides is 1. The number of thiocarbonyl (C=S) groups is 1. The van der Waals surface area contributed by atoms with Gasteiger partial charge in [0.1, 0.15) is 0 Å². The van der Waals surface area contributed by atoms with Crippen molar-refractivity contribution < 1.29 is 18.0 Å². The topological polar surface area (TPSA) is 32.7 Å². The third kappa shape index (κ3) is 2.98. The first-order valence-corrected chi connectivity index (χ1v) is 8.52. The van der Waals surface area contributed by atoms with Gasteiger partial charge in [-0.05, 0) is 18.2 Å². The van der Waals surface area contributed by atoms with Gasteiger partial charge in [-0.1, -0.05) is 24.0 Å². The molecule has 0 unspecified atom stereocenters. The summed E-state index contributed by atoms with van der Waals surface area (Å²) in [5.41, 5.74) is -0.695. The minimum absolute atomic E-state index is 0.217. The van der Waals surface area contributed by atoms with Crippen molar-refractivity contribution in [1.29, 1.82) is 0 Å². The first-order chi connectivity index (χ1) is 9.84. The molecule has 0 spiro atoms. The van der Waals surface area contributed by atoms with E-state index in [-0.39, 0.29) is 11.7 Å². The molecule has 10 heteroatoms. The number of hydrogen-bond donors (Lipinski definition) is 0. The number of carbonyl (C=O) groups is 1. The molecule has 0 N–H and O–H groups in total. The molecule has 1 aliphatic rings. The fourth-order valence-electron chi connectivity index (χ4n) is 1.62. The van der Waals surface area contributed by atoms with Crippen LogP contribution in [0.2, 0.25) is 0 Å². The van der Waals surface area contributed by atoms with Crippen molar-refractivity contribution in [2.75, 3.05) is 5.75 Å². The molecule has 1 amide bonds. The van der Waals surface area contributed by atoms with E-state index in [0.29, 0.717) is 17.7 Å². The number of rotatable bonds is 1. The Balaban J connectivity index is 2.05. The maximum absolute atomic E-state index is 12.7. The number of thioether (sulfide) groups is 1. The second-order valence-electron chi connectivity index (χ2n) is 3.99. The summed E-state index contributed by atoms with van der Waals surface area (Å²) in [5.74, 6) is 0.0291. The summed E-state index contributed by atoms with van der Waals surface area (Å²) in [6, 6.07) is 3.54. The van der Waals surface area contributed by atoms with E-state index in [4.69, 9.17) is 12.2 Å². The molecule has 0 aliphatic carbocycles. The standard InChI is InChI=1S/C11H5F3N2OS4/c12-11(13,14)5-1-2-6-7(3-5)21-9(20-6)15-16-8(17)4-19-10(16)18/h1-3H,4H2. The maximum Gasteiger partial charge on any atom is 0.416 e. The number of carbonyl (C=O) groups excluding carboxylic acids is 1. The molecule has 2 heterocycles. The van der Waals surface area contributed by atoms with Crippen LogP contribution < -0.4 is 3.98 Å². The highest BCUT2D eigenvalue weighted by Gasteiger charge is 2.31. The summed E-state index contributed by atoms with van der Waals surface area (Å²) >= 11 is 8.56. The summed E-state index contributed by atoms with van der Waals surface area (Å²) in [6.45, 7) is 0. The van der Waals surface area contributed by atoms with Gasteiger partial charge in [0.05, 0.1) is 11.3 Å². The fourth-order valence-corrected chi connectivity index (χ4v) is 4.80. The minimum Gasteiger partial charge on any atom is -0.272 e. The predicted molar refractivity (Wildman–Crippen MR) is 82.2 cm³/mol. The molecule has 2 aromatic rings. The Hall–Kier alpha value is -0.970. The Labute approximate surface area is 134 Å². The van der Waals surface area contributed by atoms with E-state index in [1.165, 1.54) is 29.2 Å². The van der Waals surface area contributed by atoms with Crippen molar-refractivity contribution in [2.45, 2.75) is 6.18 Å². The number of hydrogen-bond acceptors (Lipinski definition) is 6. The van der Waals surface area contributed by atoms with Crippen LogP contribution in [-0.2, 0) is 11.0 Å². The van der Waals surface area contributed by atoms with Gasteiger partial charge in [0.25, 0.3) is 5.91 Å². The zero-order valence-electron chi connectivity index (χ0n) is 10.0. The first-order valence-electron chi connectivity index (χ1n) is 5.50.